The van der Waals surface area contributed by atoms with Crippen LogP contribution in [-0.4, -0.2) is 38.8 Å². The molecule has 0 spiro atoms. The molecule has 0 fully saturated rings. The molecule has 4 nitrogen and oxygen atoms in total. The predicted octanol–water partition coefficient (Wildman–Crippen LogP) is 2.68. The summed E-state index contributed by atoms with van der Waals surface area (Å²) < 4.78 is 5.05. The minimum absolute atomic E-state index is 0.0173. The number of thiophene rings is 1. The average Bonchev–Trinajstić information content (AvgIpc) is 2.74. The fourth-order valence-electron chi connectivity index (χ4n) is 2.59. The smallest absolute Gasteiger partial charge is 0.261 e. The molecule has 0 saturated carbocycles. The Hall–Kier alpha value is -1.07. The summed E-state index contributed by atoms with van der Waals surface area (Å²) in [6.45, 7) is 6.78. The van der Waals surface area contributed by atoms with Crippen LogP contribution in [0.15, 0.2) is 6.07 Å². The first-order valence-electron chi connectivity index (χ1n) is 7.33. The number of hydrogen-bond acceptors (Lipinski definition) is 4. The Bertz CT molecular complexity index is 459. The number of nitrogens with one attached hydrogen (secondary N) is 1. The zero-order valence-electron chi connectivity index (χ0n) is 12.6. The van der Waals surface area contributed by atoms with Crippen molar-refractivity contribution in [3.63, 3.8) is 0 Å². The molecule has 5 heteroatoms. The number of fused-ring (bicyclic) bond motifs is 1. The van der Waals surface area contributed by atoms with Crippen LogP contribution in [-0.2, 0) is 11.2 Å². The second-order valence-corrected chi connectivity index (χ2v) is 6.34. The summed E-state index contributed by atoms with van der Waals surface area (Å²) >= 11 is 1.62. The van der Waals surface area contributed by atoms with Gasteiger partial charge in [-0.05, 0) is 44.7 Å². The molecule has 0 bridgehead atoms. The van der Waals surface area contributed by atoms with Crippen LogP contribution in [0.25, 0.3) is 0 Å². The van der Waals surface area contributed by atoms with Crippen LogP contribution in [0, 0.1) is 0 Å². The van der Waals surface area contributed by atoms with Crippen LogP contribution >= 0.6 is 11.3 Å². The van der Waals surface area contributed by atoms with Gasteiger partial charge in [0.15, 0.2) is 0 Å². The quantitative estimate of drug-likeness (QED) is 0.908. The van der Waals surface area contributed by atoms with Crippen molar-refractivity contribution in [1.82, 2.24) is 5.32 Å². The third-order valence-corrected chi connectivity index (χ3v) is 4.83. The van der Waals surface area contributed by atoms with Gasteiger partial charge in [0.05, 0.1) is 16.5 Å². The molecule has 2 rings (SSSR count). The van der Waals surface area contributed by atoms with Crippen LogP contribution < -0.4 is 10.2 Å². The van der Waals surface area contributed by atoms with Crippen molar-refractivity contribution in [1.29, 1.82) is 0 Å². The summed E-state index contributed by atoms with van der Waals surface area (Å²) in [5.41, 5.74) is 1.33. The molecule has 0 radical (unpaired) electrons. The number of carbonyl (C=O) groups excluding carboxylic acids is 1. The normalized spacial score (nSPS) is 16.4. The molecule has 20 heavy (non-hydrogen) atoms. The van der Waals surface area contributed by atoms with Gasteiger partial charge in [-0.1, -0.05) is 0 Å². The van der Waals surface area contributed by atoms with E-state index in [-0.39, 0.29) is 11.9 Å². The van der Waals surface area contributed by atoms with Gasteiger partial charge in [0.2, 0.25) is 0 Å². The number of nitrogens with zero attached hydrogens (tertiary/aromatic N) is 1. The van der Waals surface area contributed by atoms with E-state index in [9.17, 15) is 4.79 Å². The molecule has 0 aromatic carbocycles. The van der Waals surface area contributed by atoms with E-state index >= 15 is 0 Å². The van der Waals surface area contributed by atoms with Gasteiger partial charge in [-0.15, -0.1) is 11.3 Å². The van der Waals surface area contributed by atoms with Crippen molar-refractivity contribution in [2.75, 3.05) is 31.7 Å². The summed E-state index contributed by atoms with van der Waals surface area (Å²) in [5, 5.41) is 4.27. The molecule has 0 aliphatic carbocycles. The van der Waals surface area contributed by atoms with Gasteiger partial charge in [0.25, 0.3) is 5.91 Å². The first-order valence-corrected chi connectivity index (χ1v) is 8.14. The van der Waals surface area contributed by atoms with E-state index in [1.54, 1.807) is 18.4 Å². The van der Waals surface area contributed by atoms with E-state index in [0.717, 1.165) is 24.4 Å². The van der Waals surface area contributed by atoms with Gasteiger partial charge in [-0.2, -0.15) is 0 Å². The Morgan fingerprint density at radius 1 is 1.55 bits per heavy atom. The summed E-state index contributed by atoms with van der Waals surface area (Å²) in [7, 11) is 1.65. The number of aryl methyl sites for hydroxylation is 1. The highest BCUT2D eigenvalue weighted by Crippen LogP contribution is 2.35. The number of methoxy groups -OCH3 is 1. The average molecular weight is 296 g/mol. The molecule has 1 N–H and O–H groups in total. The van der Waals surface area contributed by atoms with Crippen molar-refractivity contribution in [3.05, 3.63) is 16.5 Å². The molecule has 1 aliphatic rings. The minimum atomic E-state index is 0.0173. The molecule has 1 atom stereocenters. The van der Waals surface area contributed by atoms with Crippen LogP contribution in [0.2, 0.25) is 0 Å². The van der Waals surface area contributed by atoms with Crippen molar-refractivity contribution in [2.45, 2.75) is 39.2 Å². The molecule has 112 valence electrons. The van der Waals surface area contributed by atoms with Crippen LogP contribution in [0.3, 0.4) is 0 Å². The highest BCUT2D eigenvalue weighted by atomic mass is 32.1. The molecule has 0 unspecified atom stereocenters. The summed E-state index contributed by atoms with van der Waals surface area (Å²) in [5.74, 6) is 0.0173. The molecular formula is C15H24N2O2S. The maximum Gasteiger partial charge on any atom is 0.261 e. The van der Waals surface area contributed by atoms with Gasteiger partial charge in [-0.25, -0.2) is 0 Å². The predicted molar refractivity (Wildman–Crippen MR) is 83.9 cm³/mol. The van der Waals surface area contributed by atoms with E-state index in [4.69, 9.17) is 4.74 Å². The van der Waals surface area contributed by atoms with E-state index in [0.29, 0.717) is 6.61 Å². The third-order valence-electron chi connectivity index (χ3n) is 3.60. The molecule has 1 amide bonds. The monoisotopic (exact) mass is 296 g/mol. The largest absolute Gasteiger partial charge is 0.383 e. The van der Waals surface area contributed by atoms with E-state index in [1.807, 2.05) is 6.92 Å². The molecule has 1 aromatic rings. The second-order valence-electron chi connectivity index (χ2n) is 5.31. The van der Waals surface area contributed by atoms with Gasteiger partial charge in [-0.3, -0.25) is 4.79 Å². The lowest BCUT2D eigenvalue weighted by Crippen LogP contribution is -2.35. The summed E-state index contributed by atoms with van der Waals surface area (Å²) in [4.78, 5) is 15.5. The van der Waals surface area contributed by atoms with Crippen molar-refractivity contribution >= 4 is 22.2 Å². The minimum Gasteiger partial charge on any atom is -0.383 e. The first-order chi connectivity index (χ1) is 9.65. The van der Waals surface area contributed by atoms with Crippen molar-refractivity contribution in [3.8, 4) is 0 Å². The zero-order chi connectivity index (χ0) is 14.5. The lowest BCUT2D eigenvalue weighted by molar-refractivity contribution is 0.0909. The highest BCUT2D eigenvalue weighted by molar-refractivity contribution is 7.18. The third kappa shape index (κ3) is 3.52. The second kappa shape index (κ2) is 7.09. The Labute approximate surface area is 125 Å². The standard InChI is InChI=1S/C15H24N2O2S/c1-4-17-8-6-5-7-12-9-13(20-15(12)17)14(18)16-11(2)10-19-3/h9,11H,4-8,10H2,1-3H3,(H,16,18)/t11-/m0/s1. The summed E-state index contributed by atoms with van der Waals surface area (Å²) in [6.07, 6.45) is 3.53. The van der Waals surface area contributed by atoms with Crippen molar-refractivity contribution < 1.29 is 9.53 Å². The molecular weight excluding hydrogens is 272 g/mol. The van der Waals surface area contributed by atoms with Crippen LogP contribution in [0.4, 0.5) is 5.00 Å². The topological polar surface area (TPSA) is 41.6 Å². The van der Waals surface area contributed by atoms with E-state index in [2.05, 4.69) is 23.2 Å². The molecule has 1 aromatic heterocycles. The zero-order valence-corrected chi connectivity index (χ0v) is 13.4. The SMILES string of the molecule is CCN1CCCCc2cc(C(=O)N[C@@H](C)COC)sc21. The molecule has 0 saturated heterocycles. The van der Waals surface area contributed by atoms with Gasteiger partial charge < -0.3 is 15.0 Å². The van der Waals surface area contributed by atoms with Gasteiger partial charge in [0, 0.05) is 26.2 Å². The van der Waals surface area contributed by atoms with Crippen LogP contribution in [0.5, 0.6) is 0 Å². The Morgan fingerprint density at radius 2 is 2.35 bits per heavy atom. The number of amides is 1. The Morgan fingerprint density at radius 3 is 3.05 bits per heavy atom. The highest BCUT2D eigenvalue weighted by Gasteiger charge is 2.21. The van der Waals surface area contributed by atoms with Gasteiger partial charge in [0.1, 0.15) is 0 Å². The molecule has 1 aliphatic heterocycles. The first kappa shape index (κ1) is 15.3. The number of ether oxygens (including phenoxy) is 1. The van der Waals surface area contributed by atoms with E-state index < -0.39 is 0 Å². The Kier molecular flexibility index (Phi) is 5.43. The summed E-state index contributed by atoms with van der Waals surface area (Å²) in [6, 6.07) is 2.11. The lowest BCUT2D eigenvalue weighted by atomic mass is 10.1. The number of hydrogen-bond donors (Lipinski definition) is 1. The maximum atomic E-state index is 12.3. The maximum absolute atomic E-state index is 12.3. The number of anilines is 1. The number of carbonyl (C=O) groups is 1. The molecule has 2 heterocycles. The Balaban J connectivity index is 2.12. The van der Waals surface area contributed by atoms with E-state index in [1.165, 1.54) is 23.4 Å². The lowest BCUT2D eigenvalue weighted by Gasteiger charge is -2.20. The van der Waals surface area contributed by atoms with Crippen molar-refractivity contribution in [2.24, 2.45) is 0 Å². The van der Waals surface area contributed by atoms with Gasteiger partial charge >= 0.3 is 0 Å². The fraction of sp³-hybridized carbons (Fsp3) is 0.667. The fourth-order valence-corrected chi connectivity index (χ4v) is 3.79. The van der Waals surface area contributed by atoms with Crippen LogP contribution in [0.1, 0.15) is 41.9 Å². The number of rotatable bonds is 5.